The fourth-order valence-electron chi connectivity index (χ4n) is 3.04. The van der Waals surface area contributed by atoms with E-state index in [1.165, 1.54) is 12.1 Å². The highest BCUT2D eigenvalue weighted by atomic mass is 19.1. The predicted molar refractivity (Wildman–Crippen MR) is 100 cm³/mol. The van der Waals surface area contributed by atoms with Crippen molar-refractivity contribution in [3.05, 3.63) is 59.9 Å². The first kappa shape index (κ1) is 18.0. The highest BCUT2D eigenvalue weighted by Crippen LogP contribution is 2.20. The van der Waals surface area contributed by atoms with Crippen molar-refractivity contribution in [1.82, 2.24) is 10.2 Å². The first-order valence-electron chi connectivity index (χ1n) is 8.82. The second-order valence-electron chi connectivity index (χ2n) is 6.28. The summed E-state index contributed by atoms with van der Waals surface area (Å²) in [7, 11) is 1.66. The minimum atomic E-state index is -0.243. The topological polar surface area (TPSA) is 44.8 Å². The van der Waals surface area contributed by atoms with Gasteiger partial charge in [-0.3, -0.25) is 0 Å². The van der Waals surface area contributed by atoms with Crippen LogP contribution in [0.3, 0.4) is 0 Å². The van der Waals surface area contributed by atoms with Crippen molar-refractivity contribution < 1.29 is 13.9 Å². The lowest BCUT2D eigenvalue weighted by molar-refractivity contribution is 0.194. The third kappa shape index (κ3) is 4.65. The predicted octanol–water partition coefficient (Wildman–Crippen LogP) is 2.91. The molecule has 1 aliphatic heterocycles. The van der Waals surface area contributed by atoms with E-state index in [-0.39, 0.29) is 11.8 Å². The van der Waals surface area contributed by atoms with E-state index >= 15 is 0 Å². The molecule has 1 N–H and O–H groups in total. The molecule has 1 aliphatic rings. The van der Waals surface area contributed by atoms with E-state index in [1.807, 2.05) is 29.2 Å². The van der Waals surface area contributed by atoms with Gasteiger partial charge in [-0.2, -0.15) is 0 Å². The van der Waals surface area contributed by atoms with Crippen molar-refractivity contribution in [3.8, 4) is 5.75 Å². The summed E-state index contributed by atoms with van der Waals surface area (Å²) in [5.74, 6) is 0.598. The van der Waals surface area contributed by atoms with Gasteiger partial charge in [0.2, 0.25) is 0 Å². The summed E-state index contributed by atoms with van der Waals surface area (Å²) < 4.78 is 18.1. The molecule has 5 nitrogen and oxygen atoms in total. The average molecular weight is 357 g/mol. The first-order chi connectivity index (χ1) is 12.7. The van der Waals surface area contributed by atoms with Gasteiger partial charge >= 0.3 is 6.03 Å². The number of piperazine rings is 1. The second kappa shape index (κ2) is 8.56. The van der Waals surface area contributed by atoms with Crippen LogP contribution in [-0.4, -0.2) is 50.8 Å². The fraction of sp³-hybridized carbons (Fsp3) is 0.350. The summed E-state index contributed by atoms with van der Waals surface area (Å²) in [6, 6.07) is 14.3. The molecule has 2 aromatic rings. The van der Waals surface area contributed by atoms with Gasteiger partial charge in [0, 0.05) is 38.4 Å². The molecule has 138 valence electrons. The van der Waals surface area contributed by atoms with Crippen LogP contribution in [0.25, 0.3) is 0 Å². The van der Waals surface area contributed by atoms with Gasteiger partial charge in [-0.15, -0.1) is 0 Å². The Morgan fingerprint density at radius 2 is 1.69 bits per heavy atom. The lowest BCUT2D eigenvalue weighted by Gasteiger charge is -2.36. The normalized spacial score (nSPS) is 14.2. The van der Waals surface area contributed by atoms with Gasteiger partial charge in [0.1, 0.15) is 11.6 Å². The molecule has 2 amide bonds. The van der Waals surface area contributed by atoms with Crippen LogP contribution in [-0.2, 0) is 6.42 Å². The number of methoxy groups -OCH3 is 1. The molecule has 0 bridgehead atoms. The Morgan fingerprint density at radius 1 is 1.04 bits per heavy atom. The number of carbonyl (C=O) groups is 1. The number of benzene rings is 2. The number of hydrogen-bond acceptors (Lipinski definition) is 3. The number of carbonyl (C=O) groups excluding carboxylic acids is 1. The van der Waals surface area contributed by atoms with E-state index in [1.54, 1.807) is 19.2 Å². The highest BCUT2D eigenvalue weighted by molar-refractivity contribution is 5.74. The number of hydrogen-bond donors (Lipinski definition) is 1. The van der Waals surface area contributed by atoms with Crippen LogP contribution in [0.2, 0.25) is 0 Å². The standard InChI is InChI=1S/C20H24FN3O2/c1-26-19-8-6-18(7-9-19)23-12-14-24(15-13-23)20(25)22-11-10-16-2-4-17(21)5-3-16/h2-9H,10-15H2,1H3,(H,22,25). The van der Waals surface area contributed by atoms with E-state index in [2.05, 4.69) is 10.2 Å². The Bertz CT molecular complexity index is 711. The van der Waals surface area contributed by atoms with Crippen LogP contribution in [0.1, 0.15) is 5.56 Å². The van der Waals surface area contributed by atoms with Crippen LogP contribution >= 0.6 is 0 Å². The van der Waals surface area contributed by atoms with Crippen molar-refractivity contribution in [2.45, 2.75) is 6.42 Å². The monoisotopic (exact) mass is 357 g/mol. The first-order valence-corrected chi connectivity index (χ1v) is 8.82. The largest absolute Gasteiger partial charge is 0.497 e. The number of nitrogens with zero attached hydrogens (tertiary/aromatic N) is 2. The van der Waals surface area contributed by atoms with Crippen molar-refractivity contribution >= 4 is 11.7 Å². The number of halogens is 1. The molecule has 0 spiro atoms. The van der Waals surface area contributed by atoms with Gasteiger partial charge in [-0.1, -0.05) is 12.1 Å². The van der Waals surface area contributed by atoms with Crippen molar-refractivity contribution in [3.63, 3.8) is 0 Å². The molecular formula is C20H24FN3O2. The number of ether oxygens (including phenoxy) is 1. The Hall–Kier alpha value is -2.76. The lowest BCUT2D eigenvalue weighted by atomic mass is 10.1. The van der Waals surface area contributed by atoms with Gasteiger partial charge in [-0.25, -0.2) is 9.18 Å². The van der Waals surface area contributed by atoms with Crippen LogP contribution in [0, 0.1) is 5.82 Å². The fourth-order valence-corrected chi connectivity index (χ4v) is 3.04. The van der Waals surface area contributed by atoms with Gasteiger partial charge in [0.05, 0.1) is 7.11 Å². The zero-order chi connectivity index (χ0) is 18.4. The Balaban J connectivity index is 1.42. The average Bonchev–Trinajstić information content (AvgIpc) is 2.69. The van der Waals surface area contributed by atoms with Gasteiger partial charge < -0.3 is 19.9 Å². The van der Waals surface area contributed by atoms with Crippen molar-refractivity contribution in [2.24, 2.45) is 0 Å². The Labute approximate surface area is 153 Å². The Kier molecular flexibility index (Phi) is 5.94. The van der Waals surface area contributed by atoms with E-state index in [0.29, 0.717) is 26.1 Å². The molecule has 0 aromatic heterocycles. The van der Waals surface area contributed by atoms with Gasteiger partial charge in [0.15, 0.2) is 0 Å². The maximum absolute atomic E-state index is 12.9. The molecule has 2 aromatic carbocycles. The minimum Gasteiger partial charge on any atom is -0.497 e. The summed E-state index contributed by atoms with van der Waals surface area (Å²) in [6.07, 6.45) is 0.692. The maximum Gasteiger partial charge on any atom is 0.317 e. The van der Waals surface area contributed by atoms with Crippen LogP contribution in [0.4, 0.5) is 14.9 Å². The zero-order valence-electron chi connectivity index (χ0n) is 15.0. The third-order valence-electron chi connectivity index (χ3n) is 4.61. The summed E-state index contributed by atoms with van der Waals surface area (Å²) in [5, 5.41) is 2.94. The molecule has 0 unspecified atom stereocenters. The minimum absolute atomic E-state index is 0.0403. The Morgan fingerprint density at radius 3 is 2.31 bits per heavy atom. The van der Waals surface area contributed by atoms with E-state index in [9.17, 15) is 9.18 Å². The molecule has 6 heteroatoms. The molecule has 0 aliphatic carbocycles. The zero-order valence-corrected chi connectivity index (χ0v) is 15.0. The summed E-state index contributed by atoms with van der Waals surface area (Å²) in [5.41, 5.74) is 2.15. The number of urea groups is 1. The molecule has 1 saturated heterocycles. The van der Waals surface area contributed by atoms with Crippen LogP contribution in [0.15, 0.2) is 48.5 Å². The number of nitrogens with one attached hydrogen (secondary N) is 1. The summed E-state index contributed by atoms with van der Waals surface area (Å²) in [6.45, 7) is 3.53. The lowest BCUT2D eigenvalue weighted by Crippen LogP contribution is -2.52. The van der Waals surface area contributed by atoms with Crippen LogP contribution < -0.4 is 15.0 Å². The quantitative estimate of drug-likeness (QED) is 0.895. The highest BCUT2D eigenvalue weighted by Gasteiger charge is 2.20. The summed E-state index contributed by atoms with van der Waals surface area (Å²) in [4.78, 5) is 16.4. The van der Waals surface area contributed by atoms with Gasteiger partial charge in [0.25, 0.3) is 0 Å². The number of rotatable bonds is 5. The van der Waals surface area contributed by atoms with E-state index in [0.717, 1.165) is 30.1 Å². The molecule has 0 saturated carbocycles. The molecule has 0 atom stereocenters. The maximum atomic E-state index is 12.9. The third-order valence-corrected chi connectivity index (χ3v) is 4.61. The van der Waals surface area contributed by atoms with Crippen LogP contribution in [0.5, 0.6) is 5.75 Å². The SMILES string of the molecule is COc1ccc(N2CCN(C(=O)NCCc3ccc(F)cc3)CC2)cc1. The van der Waals surface area contributed by atoms with Gasteiger partial charge in [-0.05, 0) is 48.4 Å². The molecule has 0 radical (unpaired) electrons. The molecular weight excluding hydrogens is 333 g/mol. The van der Waals surface area contributed by atoms with Crippen molar-refractivity contribution in [2.75, 3.05) is 44.7 Å². The summed E-state index contributed by atoms with van der Waals surface area (Å²) >= 11 is 0. The van der Waals surface area contributed by atoms with E-state index < -0.39 is 0 Å². The van der Waals surface area contributed by atoms with Crippen molar-refractivity contribution in [1.29, 1.82) is 0 Å². The number of anilines is 1. The molecule has 1 fully saturated rings. The second-order valence-corrected chi connectivity index (χ2v) is 6.28. The molecule has 1 heterocycles. The molecule has 3 rings (SSSR count). The van der Waals surface area contributed by atoms with E-state index in [4.69, 9.17) is 4.74 Å². The number of amides is 2. The smallest absolute Gasteiger partial charge is 0.317 e. The molecule has 26 heavy (non-hydrogen) atoms.